The maximum absolute atomic E-state index is 12.4. The van der Waals surface area contributed by atoms with E-state index >= 15 is 0 Å². The van der Waals surface area contributed by atoms with Crippen molar-refractivity contribution in [2.75, 3.05) is 12.8 Å². The van der Waals surface area contributed by atoms with Crippen molar-refractivity contribution < 1.29 is 9.53 Å². The van der Waals surface area contributed by atoms with Crippen LogP contribution in [-0.4, -0.2) is 13.0 Å². The van der Waals surface area contributed by atoms with Crippen molar-refractivity contribution >= 4 is 22.9 Å². The van der Waals surface area contributed by atoms with Crippen LogP contribution >= 0.6 is 11.3 Å². The highest BCUT2D eigenvalue weighted by atomic mass is 32.1. The van der Waals surface area contributed by atoms with E-state index in [9.17, 15) is 4.79 Å². The predicted molar refractivity (Wildman–Crippen MR) is 82.2 cm³/mol. The van der Waals surface area contributed by atoms with Crippen LogP contribution in [0.3, 0.4) is 0 Å². The molecule has 3 N–H and O–H groups in total. The number of ether oxygens (including phenoxy) is 1. The van der Waals surface area contributed by atoms with Gasteiger partial charge in [-0.25, -0.2) is 0 Å². The average Bonchev–Trinajstić information content (AvgIpc) is 2.99. The maximum atomic E-state index is 12.4. The van der Waals surface area contributed by atoms with Crippen LogP contribution in [0.25, 0.3) is 0 Å². The van der Waals surface area contributed by atoms with E-state index in [0.717, 1.165) is 11.3 Å². The normalized spacial score (nSPS) is 11.9. The Labute approximate surface area is 122 Å². The molecule has 0 radical (unpaired) electrons. The SMILES string of the molecule is CCC(NC(=O)c1cc(OC)ccc1N)c1cccs1. The van der Waals surface area contributed by atoms with Crippen LogP contribution in [0.2, 0.25) is 0 Å². The molecule has 1 amide bonds. The van der Waals surface area contributed by atoms with Gasteiger partial charge in [0.15, 0.2) is 0 Å². The van der Waals surface area contributed by atoms with Gasteiger partial charge in [-0.2, -0.15) is 0 Å². The number of carbonyl (C=O) groups is 1. The van der Waals surface area contributed by atoms with Gasteiger partial charge < -0.3 is 15.8 Å². The first-order valence-corrected chi connectivity index (χ1v) is 7.31. The summed E-state index contributed by atoms with van der Waals surface area (Å²) in [6.45, 7) is 2.04. The average molecular weight is 290 g/mol. The molecule has 1 aromatic heterocycles. The lowest BCUT2D eigenvalue weighted by Gasteiger charge is -2.16. The van der Waals surface area contributed by atoms with E-state index in [4.69, 9.17) is 10.5 Å². The number of nitrogens with two attached hydrogens (primary N) is 1. The van der Waals surface area contributed by atoms with Crippen LogP contribution in [0.5, 0.6) is 5.75 Å². The number of thiophene rings is 1. The van der Waals surface area contributed by atoms with Gasteiger partial charge in [-0.1, -0.05) is 13.0 Å². The molecular weight excluding hydrogens is 272 g/mol. The number of hydrogen-bond donors (Lipinski definition) is 2. The summed E-state index contributed by atoms with van der Waals surface area (Å²) in [5.74, 6) is 0.440. The summed E-state index contributed by atoms with van der Waals surface area (Å²) in [6.07, 6.45) is 0.829. The third kappa shape index (κ3) is 3.11. The van der Waals surface area contributed by atoms with E-state index in [2.05, 4.69) is 5.32 Å². The van der Waals surface area contributed by atoms with Crippen molar-refractivity contribution in [3.63, 3.8) is 0 Å². The van der Waals surface area contributed by atoms with E-state index in [-0.39, 0.29) is 11.9 Å². The third-order valence-corrected chi connectivity index (χ3v) is 4.09. The molecule has 1 atom stereocenters. The molecule has 20 heavy (non-hydrogen) atoms. The first kappa shape index (κ1) is 14.4. The van der Waals surface area contributed by atoms with Crippen LogP contribution in [-0.2, 0) is 0 Å². The Morgan fingerprint density at radius 1 is 1.45 bits per heavy atom. The van der Waals surface area contributed by atoms with Crippen molar-refractivity contribution in [3.8, 4) is 5.75 Å². The largest absolute Gasteiger partial charge is 0.497 e. The van der Waals surface area contributed by atoms with Gasteiger partial charge in [-0.05, 0) is 36.1 Å². The van der Waals surface area contributed by atoms with Crippen molar-refractivity contribution in [1.29, 1.82) is 0 Å². The smallest absolute Gasteiger partial charge is 0.254 e. The van der Waals surface area contributed by atoms with Gasteiger partial charge in [0.2, 0.25) is 0 Å². The summed E-state index contributed by atoms with van der Waals surface area (Å²) in [5.41, 5.74) is 6.76. The predicted octanol–water partition coefficient (Wildman–Crippen LogP) is 3.22. The Bertz CT molecular complexity index is 582. The van der Waals surface area contributed by atoms with Crippen LogP contribution in [0.1, 0.15) is 34.6 Å². The van der Waals surface area contributed by atoms with Crippen LogP contribution in [0, 0.1) is 0 Å². The highest BCUT2D eigenvalue weighted by Gasteiger charge is 2.17. The number of amides is 1. The minimum absolute atomic E-state index is 0.00750. The number of nitrogens with one attached hydrogen (secondary N) is 1. The van der Waals surface area contributed by atoms with Crippen LogP contribution in [0.15, 0.2) is 35.7 Å². The number of hydrogen-bond acceptors (Lipinski definition) is 4. The molecule has 0 aliphatic heterocycles. The van der Waals surface area contributed by atoms with Crippen LogP contribution < -0.4 is 15.8 Å². The zero-order chi connectivity index (χ0) is 14.5. The Hall–Kier alpha value is -2.01. The van der Waals surface area contributed by atoms with E-state index < -0.39 is 0 Å². The van der Waals surface area contributed by atoms with Gasteiger partial charge in [0.05, 0.1) is 18.7 Å². The lowest BCUT2D eigenvalue weighted by Crippen LogP contribution is -2.28. The zero-order valence-electron chi connectivity index (χ0n) is 11.6. The van der Waals surface area contributed by atoms with Gasteiger partial charge in [0.1, 0.15) is 5.75 Å². The molecule has 1 unspecified atom stereocenters. The zero-order valence-corrected chi connectivity index (χ0v) is 12.4. The fourth-order valence-electron chi connectivity index (χ4n) is 1.96. The first-order chi connectivity index (χ1) is 9.65. The molecule has 2 aromatic rings. The molecule has 0 saturated carbocycles. The number of nitrogen functional groups attached to an aromatic ring is 1. The summed E-state index contributed by atoms with van der Waals surface area (Å²) in [4.78, 5) is 13.5. The molecule has 0 spiro atoms. The fraction of sp³-hybridized carbons (Fsp3) is 0.267. The second-order valence-electron chi connectivity index (χ2n) is 4.40. The molecule has 2 rings (SSSR count). The van der Waals surface area contributed by atoms with Crippen LogP contribution in [0.4, 0.5) is 5.69 Å². The molecule has 4 nitrogen and oxygen atoms in total. The van der Waals surface area contributed by atoms with E-state index in [0.29, 0.717) is 17.0 Å². The fourth-order valence-corrected chi connectivity index (χ4v) is 2.82. The summed E-state index contributed by atoms with van der Waals surface area (Å²) in [5, 5.41) is 5.02. The number of carbonyl (C=O) groups excluding carboxylic acids is 1. The Kier molecular flexibility index (Phi) is 4.63. The topological polar surface area (TPSA) is 64.3 Å². The maximum Gasteiger partial charge on any atom is 0.254 e. The minimum Gasteiger partial charge on any atom is -0.497 e. The van der Waals surface area contributed by atoms with E-state index in [1.54, 1.807) is 36.6 Å². The van der Waals surface area contributed by atoms with E-state index in [1.165, 1.54) is 0 Å². The Balaban J connectivity index is 2.19. The highest BCUT2D eigenvalue weighted by Crippen LogP contribution is 2.24. The minimum atomic E-state index is -0.179. The molecule has 0 fully saturated rings. The lowest BCUT2D eigenvalue weighted by molar-refractivity contribution is 0.0937. The van der Waals surface area contributed by atoms with Crippen molar-refractivity contribution in [2.45, 2.75) is 19.4 Å². The molecule has 0 saturated heterocycles. The lowest BCUT2D eigenvalue weighted by atomic mass is 10.1. The molecule has 0 aliphatic carbocycles. The number of methoxy groups -OCH3 is 1. The summed E-state index contributed by atoms with van der Waals surface area (Å²) in [6, 6.07) is 9.09. The molecule has 1 aromatic carbocycles. The van der Waals surface area contributed by atoms with Gasteiger partial charge in [-0.15, -0.1) is 11.3 Å². The Morgan fingerprint density at radius 3 is 2.85 bits per heavy atom. The number of rotatable bonds is 5. The molecule has 1 heterocycles. The Morgan fingerprint density at radius 2 is 2.25 bits per heavy atom. The van der Waals surface area contributed by atoms with Gasteiger partial charge in [0.25, 0.3) is 5.91 Å². The third-order valence-electron chi connectivity index (χ3n) is 3.11. The second-order valence-corrected chi connectivity index (χ2v) is 5.38. The summed E-state index contributed by atoms with van der Waals surface area (Å²) in [7, 11) is 1.56. The monoisotopic (exact) mass is 290 g/mol. The first-order valence-electron chi connectivity index (χ1n) is 6.43. The molecular formula is C15H18N2O2S. The number of anilines is 1. The van der Waals surface area contributed by atoms with Crippen molar-refractivity contribution in [2.24, 2.45) is 0 Å². The summed E-state index contributed by atoms with van der Waals surface area (Å²) < 4.78 is 5.13. The molecule has 106 valence electrons. The second kappa shape index (κ2) is 6.43. The molecule has 5 heteroatoms. The molecule has 0 bridgehead atoms. The summed E-state index contributed by atoms with van der Waals surface area (Å²) >= 11 is 1.63. The van der Waals surface area contributed by atoms with Gasteiger partial charge in [0, 0.05) is 10.6 Å². The standard InChI is InChI=1S/C15H18N2O2S/c1-3-13(14-5-4-8-20-14)17-15(18)11-9-10(19-2)6-7-12(11)16/h4-9,13H,3,16H2,1-2H3,(H,17,18). The van der Waals surface area contributed by atoms with Gasteiger partial charge in [-0.3, -0.25) is 4.79 Å². The van der Waals surface area contributed by atoms with Crippen molar-refractivity contribution in [1.82, 2.24) is 5.32 Å². The quantitative estimate of drug-likeness (QED) is 0.831. The van der Waals surface area contributed by atoms with Crippen molar-refractivity contribution in [3.05, 3.63) is 46.2 Å². The van der Waals surface area contributed by atoms with Gasteiger partial charge >= 0.3 is 0 Å². The molecule has 0 aliphatic rings. The highest BCUT2D eigenvalue weighted by molar-refractivity contribution is 7.10. The number of benzene rings is 1. The van der Waals surface area contributed by atoms with E-state index in [1.807, 2.05) is 24.4 Å².